The number of hydrogen-bond acceptors (Lipinski definition) is 2. The van der Waals surface area contributed by atoms with Crippen LogP contribution in [0.4, 0.5) is 0 Å². The summed E-state index contributed by atoms with van der Waals surface area (Å²) in [6, 6.07) is 9.04. The van der Waals surface area contributed by atoms with Crippen LogP contribution < -0.4 is 5.73 Å². The number of nitrogens with two attached hydrogens (primary N) is 1. The Morgan fingerprint density at radius 1 is 1.33 bits per heavy atom. The standard InChI is InChI=1S/C16H23NS/c1-2-3-4-5-6-10-14(17)16-12-13-9-7-8-11-15(13)18-16/h2,7-9,11,14,16H,1,3-6,10,12,17H2. The summed E-state index contributed by atoms with van der Waals surface area (Å²) < 4.78 is 0. The minimum absolute atomic E-state index is 0.339. The van der Waals surface area contributed by atoms with Crippen molar-refractivity contribution < 1.29 is 0 Å². The van der Waals surface area contributed by atoms with Crippen LogP contribution in [-0.4, -0.2) is 11.3 Å². The second-order valence-electron chi connectivity index (χ2n) is 5.06. The first-order valence-corrected chi connectivity index (χ1v) is 7.80. The van der Waals surface area contributed by atoms with Crippen molar-refractivity contribution in [3.8, 4) is 0 Å². The fraction of sp³-hybridized carbons (Fsp3) is 0.500. The van der Waals surface area contributed by atoms with Gasteiger partial charge in [-0.3, -0.25) is 0 Å². The van der Waals surface area contributed by atoms with Gasteiger partial charge in [0.2, 0.25) is 0 Å². The van der Waals surface area contributed by atoms with Gasteiger partial charge in [0.1, 0.15) is 0 Å². The summed E-state index contributed by atoms with van der Waals surface area (Å²) in [6.45, 7) is 3.75. The van der Waals surface area contributed by atoms with Crippen LogP contribution in [0, 0.1) is 0 Å². The molecule has 18 heavy (non-hydrogen) atoms. The quantitative estimate of drug-likeness (QED) is 0.589. The van der Waals surface area contributed by atoms with Crippen molar-refractivity contribution in [2.24, 2.45) is 5.73 Å². The van der Waals surface area contributed by atoms with E-state index in [4.69, 9.17) is 5.73 Å². The van der Waals surface area contributed by atoms with Crippen LogP contribution in [-0.2, 0) is 6.42 Å². The molecule has 0 saturated heterocycles. The molecule has 0 saturated carbocycles. The topological polar surface area (TPSA) is 26.0 Å². The van der Waals surface area contributed by atoms with Crippen molar-refractivity contribution in [1.29, 1.82) is 0 Å². The van der Waals surface area contributed by atoms with Crippen molar-refractivity contribution in [2.75, 3.05) is 0 Å². The Hall–Kier alpha value is -0.730. The third kappa shape index (κ3) is 3.63. The lowest BCUT2D eigenvalue weighted by Gasteiger charge is -2.17. The molecular weight excluding hydrogens is 238 g/mol. The summed E-state index contributed by atoms with van der Waals surface area (Å²) in [5.74, 6) is 0. The number of benzene rings is 1. The van der Waals surface area contributed by atoms with Crippen molar-refractivity contribution >= 4 is 11.8 Å². The minimum atomic E-state index is 0.339. The van der Waals surface area contributed by atoms with Gasteiger partial charge < -0.3 is 5.73 Å². The maximum atomic E-state index is 6.33. The molecule has 2 unspecified atom stereocenters. The van der Waals surface area contributed by atoms with Gasteiger partial charge in [-0.05, 0) is 37.3 Å². The second-order valence-corrected chi connectivity index (χ2v) is 6.34. The van der Waals surface area contributed by atoms with Gasteiger partial charge in [0, 0.05) is 16.2 Å². The average Bonchev–Trinajstić information content (AvgIpc) is 2.82. The van der Waals surface area contributed by atoms with Gasteiger partial charge in [-0.1, -0.05) is 37.1 Å². The fourth-order valence-corrected chi connectivity index (χ4v) is 3.84. The molecule has 2 atom stereocenters. The van der Waals surface area contributed by atoms with E-state index in [1.54, 1.807) is 0 Å². The highest BCUT2D eigenvalue weighted by atomic mass is 32.2. The molecule has 0 radical (unpaired) electrons. The summed E-state index contributed by atoms with van der Waals surface area (Å²) in [5.41, 5.74) is 7.81. The maximum Gasteiger partial charge on any atom is 0.0287 e. The molecule has 0 aromatic heterocycles. The van der Waals surface area contributed by atoms with Gasteiger partial charge in [-0.25, -0.2) is 0 Å². The number of unbranched alkanes of at least 4 members (excludes halogenated alkanes) is 3. The van der Waals surface area contributed by atoms with Crippen molar-refractivity contribution in [1.82, 2.24) is 0 Å². The maximum absolute atomic E-state index is 6.33. The van der Waals surface area contributed by atoms with E-state index in [-0.39, 0.29) is 0 Å². The van der Waals surface area contributed by atoms with Crippen LogP contribution in [0.1, 0.15) is 37.7 Å². The van der Waals surface area contributed by atoms with E-state index < -0.39 is 0 Å². The van der Waals surface area contributed by atoms with E-state index in [0.717, 1.165) is 19.3 Å². The summed E-state index contributed by atoms with van der Waals surface area (Å²) >= 11 is 1.97. The van der Waals surface area contributed by atoms with Crippen LogP contribution >= 0.6 is 11.8 Å². The number of rotatable bonds is 7. The monoisotopic (exact) mass is 261 g/mol. The predicted molar refractivity (Wildman–Crippen MR) is 81.0 cm³/mol. The van der Waals surface area contributed by atoms with Crippen molar-refractivity contribution in [2.45, 2.75) is 54.7 Å². The minimum Gasteiger partial charge on any atom is -0.327 e. The molecule has 0 bridgehead atoms. The number of hydrogen-bond donors (Lipinski definition) is 1. The Kier molecular flexibility index (Phi) is 5.33. The molecule has 2 rings (SSSR count). The summed E-state index contributed by atoms with van der Waals surface area (Å²) in [4.78, 5) is 1.43. The molecule has 1 nitrogen and oxygen atoms in total. The Balaban J connectivity index is 1.72. The summed E-state index contributed by atoms with van der Waals surface area (Å²) in [7, 11) is 0. The Morgan fingerprint density at radius 3 is 2.94 bits per heavy atom. The zero-order chi connectivity index (χ0) is 12.8. The smallest absolute Gasteiger partial charge is 0.0287 e. The molecule has 1 aromatic carbocycles. The fourth-order valence-electron chi connectivity index (χ4n) is 2.48. The highest BCUT2D eigenvalue weighted by molar-refractivity contribution is 8.00. The largest absolute Gasteiger partial charge is 0.327 e. The molecule has 1 aliphatic heterocycles. The number of allylic oxidation sites excluding steroid dienone is 1. The Bertz CT molecular complexity index is 363. The molecule has 0 aliphatic carbocycles. The van der Waals surface area contributed by atoms with E-state index in [2.05, 4.69) is 30.8 Å². The molecule has 98 valence electrons. The van der Waals surface area contributed by atoms with E-state index >= 15 is 0 Å². The van der Waals surface area contributed by atoms with E-state index in [1.165, 1.54) is 29.7 Å². The lowest BCUT2D eigenvalue weighted by molar-refractivity contribution is 0.537. The molecule has 2 N–H and O–H groups in total. The SMILES string of the molecule is C=CCCCCCC(N)C1Cc2ccccc2S1. The Morgan fingerprint density at radius 2 is 2.17 bits per heavy atom. The van der Waals surface area contributed by atoms with Gasteiger partial charge in [0.05, 0.1) is 0 Å². The van der Waals surface area contributed by atoms with Crippen molar-refractivity contribution in [3.05, 3.63) is 42.5 Å². The average molecular weight is 261 g/mol. The van der Waals surface area contributed by atoms with E-state index in [9.17, 15) is 0 Å². The molecule has 0 amide bonds. The Labute approximate surface area is 115 Å². The molecule has 2 heteroatoms. The van der Waals surface area contributed by atoms with Gasteiger partial charge in [0.25, 0.3) is 0 Å². The van der Waals surface area contributed by atoms with Crippen LogP contribution in [0.15, 0.2) is 41.8 Å². The number of thioether (sulfide) groups is 1. The molecule has 1 aliphatic rings. The van der Waals surface area contributed by atoms with Gasteiger partial charge >= 0.3 is 0 Å². The third-order valence-corrected chi connectivity index (χ3v) is 5.07. The summed E-state index contributed by atoms with van der Waals surface area (Å²) in [6.07, 6.45) is 9.24. The molecular formula is C16H23NS. The van der Waals surface area contributed by atoms with Crippen LogP contribution in [0.5, 0.6) is 0 Å². The lowest BCUT2D eigenvalue weighted by atomic mass is 10.0. The lowest BCUT2D eigenvalue weighted by Crippen LogP contribution is -2.32. The summed E-state index contributed by atoms with van der Waals surface area (Å²) in [5, 5.41) is 0.585. The highest BCUT2D eigenvalue weighted by Gasteiger charge is 2.26. The van der Waals surface area contributed by atoms with E-state index in [1.807, 2.05) is 17.8 Å². The first-order valence-electron chi connectivity index (χ1n) is 6.92. The molecule has 0 fully saturated rings. The van der Waals surface area contributed by atoms with Crippen LogP contribution in [0.2, 0.25) is 0 Å². The molecule has 1 heterocycles. The second kappa shape index (κ2) is 7.01. The van der Waals surface area contributed by atoms with Crippen LogP contribution in [0.25, 0.3) is 0 Å². The van der Waals surface area contributed by atoms with Gasteiger partial charge in [-0.15, -0.1) is 18.3 Å². The highest BCUT2D eigenvalue weighted by Crippen LogP contribution is 2.38. The first-order chi connectivity index (χ1) is 8.81. The normalized spacial score (nSPS) is 19.5. The third-order valence-electron chi connectivity index (χ3n) is 3.60. The zero-order valence-corrected chi connectivity index (χ0v) is 11.8. The van der Waals surface area contributed by atoms with E-state index in [0.29, 0.717) is 11.3 Å². The van der Waals surface area contributed by atoms with Crippen molar-refractivity contribution in [3.63, 3.8) is 0 Å². The van der Waals surface area contributed by atoms with Gasteiger partial charge in [-0.2, -0.15) is 0 Å². The van der Waals surface area contributed by atoms with Crippen LogP contribution in [0.3, 0.4) is 0 Å². The first kappa shape index (κ1) is 13.7. The zero-order valence-electron chi connectivity index (χ0n) is 11.0. The number of fused-ring (bicyclic) bond motifs is 1. The molecule has 1 aromatic rings. The predicted octanol–water partition coefficient (Wildman–Crippen LogP) is 4.17. The molecule has 0 spiro atoms. The van der Waals surface area contributed by atoms with Gasteiger partial charge in [0.15, 0.2) is 0 Å².